The lowest BCUT2D eigenvalue weighted by Gasteiger charge is -2.22. The number of hydrogen-bond donors (Lipinski definition) is 2. The molecule has 0 aliphatic heterocycles. The predicted octanol–water partition coefficient (Wildman–Crippen LogP) is 2.91. The summed E-state index contributed by atoms with van der Waals surface area (Å²) in [5, 5.41) is 5.54. The number of carbonyl (C=O) groups is 2. The molecule has 0 bridgehead atoms. The minimum atomic E-state index is -0.724. The summed E-state index contributed by atoms with van der Waals surface area (Å²) in [5.74, 6) is -0.122. The van der Waals surface area contributed by atoms with Crippen molar-refractivity contribution in [3.63, 3.8) is 0 Å². The topological polar surface area (TPSA) is 76.7 Å². The van der Waals surface area contributed by atoms with E-state index >= 15 is 0 Å². The van der Waals surface area contributed by atoms with Crippen molar-refractivity contribution in [2.75, 3.05) is 14.2 Å². The Labute approximate surface area is 164 Å². The highest BCUT2D eigenvalue weighted by molar-refractivity contribution is 5.97. The lowest BCUT2D eigenvalue weighted by molar-refractivity contribution is -0.124. The molecule has 0 fully saturated rings. The van der Waals surface area contributed by atoms with Gasteiger partial charge in [0.25, 0.3) is 5.91 Å². The first kappa shape index (κ1) is 21.2. The van der Waals surface area contributed by atoms with Crippen molar-refractivity contribution < 1.29 is 23.5 Å². The summed E-state index contributed by atoms with van der Waals surface area (Å²) in [4.78, 5) is 25.0. The molecule has 1 atom stereocenters. The highest BCUT2D eigenvalue weighted by atomic mass is 19.1. The van der Waals surface area contributed by atoms with Crippen molar-refractivity contribution in [3.05, 3.63) is 59.4 Å². The second-order valence-corrected chi connectivity index (χ2v) is 6.61. The molecule has 6 nitrogen and oxygen atoms in total. The number of benzene rings is 2. The number of rotatable bonds is 8. The van der Waals surface area contributed by atoms with Crippen LogP contribution in [0.15, 0.2) is 42.5 Å². The second-order valence-electron chi connectivity index (χ2n) is 6.61. The molecule has 0 saturated carbocycles. The van der Waals surface area contributed by atoms with Gasteiger partial charge in [-0.05, 0) is 47.9 Å². The van der Waals surface area contributed by atoms with E-state index in [2.05, 4.69) is 10.6 Å². The Kier molecular flexibility index (Phi) is 7.37. The van der Waals surface area contributed by atoms with Gasteiger partial charge in [-0.25, -0.2) is 4.39 Å². The number of amides is 2. The molecule has 0 spiro atoms. The van der Waals surface area contributed by atoms with Crippen LogP contribution in [0.4, 0.5) is 4.39 Å². The predicted molar refractivity (Wildman–Crippen MR) is 104 cm³/mol. The average molecular weight is 388 g/mol. The van der Waals surface area contributed by atoms with Gasteiger partial charge in [-0.3, -0.25) is 9.59 Å². The second kappa shape index (κ2) is 9.73. The van der Waals surface area contributed by atoms with Gasteiger partial charge in [0.1, 0.15) is 11.9 Å². The van der Waals surface area contributed by atoms with Crippen molar-refractivity contribution in [2.45, 2.75) is 26.4 Å². The number of methoxy groups -OCH3 is 2. The minimum Gasteiger partial charge on any atom is -0.493 e. The van der Waals surface area contributed by atoms with Crippen LogP contribution in [0.3, 0.4) is 0 Å². The smallest absolute Gasteiger partial charge is 0.251 e. The van der Waals surface area contributed by atoms with Crippen molar-refractivity contribution in [2.24, 2.45) is 5.92 Å². The van der Waals surface area contributed by atoms with Crippen LogP contribution < -0.4 is 20.1 Å². The van der Waals surface area contributed by atoms with E-state index in [9.17, 15) is 14.0 Å². The third kappa shape index (κ3) is 5.45. The Balaban J connectivity index is 2.02. The molecule has 2 N–H and O–H groups in total. The van der Waals surface area contributed by atoms with E-state index in [1.165, 1.54) is 24.3 Å². The highest BCUT2D eigenvalue weighted by Crippen LogP contribution is 2.27. The normalized spacial score (nSPS) is 11.6. The molecular formula is C21H25FN2O4. The maximum Gasteiger partial charge on any atom is 0.251 e. The fourth-order valence-corrected chi connectivity index (χ4v) is 2.65. The molecule has 2 aromatic rings. The van der Waals surface area contributed by atoms with Crippen LogP contribution in [0.5, 0.6) is 11.5 Å². The maximum absolute atomic E-state index is 13.0. The summed E-state index contributed by atoms with van der Waals surface area (Å²) in [6, 6.07) is 9.80. The first-order valence-electron chi connectivity index (χ1n) is 8.90. The molecule has 0 unspecified atom stereocenters. The molecule has 7 heteroatoms. The third-order valence-corrected chi connectivity index (χ3v) is 4.26. The van der Waals surface area contributed by atoms with E-state index in [0.717, 1.165) is 5.56 Å². The van der Waals surface area contributed by atoms with Crippen LogP contribution in [0, 0.1) is 11.7 Å². The zero-order valence-electron chi connectivity index (χ0n) is 16.4. The molecule has 0 aliphatic carbocycles. The zero-order chi connectivity index (χ0) is 20.7. The van der Waals surface area contributed by atoms with Crippen molar-refractivity contribution in [3.8, 4) is 11.5 Å². The summed E-state index contributed by atoms with van der Waals surface area (Å²) >= 11 is 0. The quantitative estimate of drug-likeness (QED) is 0.729. The van der Waals surface area contributed by atoms with Crippen molar-refractivity contribution in [1.29, 1.82) is 0 Å². The largest absolute Gasteiger partial charge is 0.493 e. The number of ether oxygens (including phenoxy) is 2. The Morgan fingerprint density at radius 2 is 1.64 bits per heavy atom. The fraction of sp³-hybridized carbons (Fsp3) is 0.333. The van der Waals surface area contributed by atoms with Crippen LogP contribution in [-0.2, 0) is 11.3 Å². The maximum atomic E-state index is 13.0. The Morgan fingerprint density at radius 1 is 1.00 bits per heavy atom. The first-order chi connectivity index (χ1) is 13.3. The van der Waals surface area contributed by atoms with E-state index in [1.807, 2.05) is 19.9 Å². The molecule has 2 rings (SSSR count). The van der Waals surface area contributed by atoms with Crippen molar-refractivity contribution in [1.82, 2.24) is 10.6 Å². The number of hydrogen-bond acceptors (Lipinski definition) is 4. The molecule has 0 aliphatic rings. The zero-order valence-corrected chi connectivity index (χ0v) is 16.4. The van der Waals surface area contributed by atoms with Gasteiger partial charge in [0.15, 0.2) is 11.5 Å². The van der Waals surface area contributed by atoms with Crippen LogP contribution in [-0.4, -0.2) is 32.1 Å². The third-order valence-electron chi connectivity index (χ3n) is 4.26. The first-order valence-corrected chi connectivity index (χ1v) is 8.90. The van der Waals surface area contributed by atoms with Gasteiger partial charge >= 0.3 is 0 Å². The molecule has 2 aromatic carbocycles. The molecule has 150 valence electrons. The minimum absolute atomic E-state index is 0.130. The highest BCUT2D eigenvalue weighted by Gasteiger charge is 2.24. The lowest BCUT2D eigenvalue weighted by atomic mass is 10.0. The van der Waals surface area contributed by atoms with E-state index < -0.39 is 17.8 Å². The molecule has 0 radical (unpaired) electrons. The van der Waals surface area contributed by atoms with Crippen LogP contribution in [0.1, 0.15) is 29.8 Å². The summed E-state index contributed by atoms with van der Waals surface area (Å²) in [6.45, 7) is 3.95. The van der Waals surface area contributed by atoms with Gasteiger partial charge in [0, 0.05) is 12.1 Å². The van der Waals surface area contributed by atoms with Gasteiger partial charge in [-0.1, -0.05) is 19.9 Å². The molecule has 28 heavy (non-hydrogen) atoms. The summed E-state index contributed by atoms with van der Waals surface area (Å²) in [5.41, 5.74) is 1.12. The fourth-order valence-electron chi connectivity index (χ4n) is 2.65. The van der Waals surface area contributed by atoms with E-state index in [4.69, 9.17) is 9.47 Å². The summed E-state index contributed by atoms with van der Waals surface area (Å²) in [7, 11) is 3.09. The standard InChI is InChI=1S/C21H25FN2O4/c1-13(2)19(24-20(25)15-6-8-16(22)9-7-15)21(26)23-12-14-5-10-17(27-3)18(11-14)28-4/h5-11,13,19H,12H2,1-4H3,(H,23,26)(H,24,25)/t19-/m0/s1. The van der Waals surface area contributed by atoms with Crippen molar-refractivity contribution >= 4 is 11.8 Å². The van der Waals surface area contributed by atoms with E-state index in [1.54, 1.807) is 26.4 Å². The Hall–Kier alpha value is -3.09. The molecule has 0 saturated heterocycles. The average Bonchev–Trinajstić information content (AvgIpc) is 2.69. The molecule has 0 aromatic heterocycles. The van der Waals surface area contributed by atoms with Crippen LogP contribution >= 0.6 is 0 Å². The van der Waals surface area contributed by atoms with Gasteiger partial charge in [0.2, 0.25) is 5.91 Å². The lowest BCUT2D eigenvalue weighted by Crippen LogP contribution is -2.49. The summed E-state index contributed by atoms with van der Waals surface area (Å²) in [6.07, 6.45) is 0. The van der Waals surface area contributed by atoms with Gasteiger partial charge in [-0.15, -0.1) is 0 Å². The number of nitrogens with one attached hydrogen (secondary N) is 2. The van der Waals surface area contributed by atoms with Gasteiger partial charge in [0.05, 0.1) is 14.2 Å². The molecular weight excluding hydrogens is 363 g/mol. The number of halogens is 1. The number of carbonyl (C=O) groups excluding carboxylic acids is 2. The Morgan fingerprint density at radius 3 is 2.21 bits per heavy atom. The van der Waals surface area contributed by atoms with E-state index in [0.29, 0.717) is 17.1 Å². The monoisotopic (exact) mass is 388 g/mol. The summed E-state index contributed by atoms with van der Waals surface area (Å²) < 4.78 is 23.5. The molecule has 2 amide bonds. The SMILES string of the molecule is COc1ccc(CNC(=O)[C@@H](NC(=O)c2ccc(F)cc2)C(C)C)cc1OC. The van der Waals surface area contributed by atoms with Crippen LogP contribution in [0.2, 0.25) is 0 Å². The van der Waals surface area contributed by atoms with Gasteiger partial charge < -0.3 is 20.1 Å². The van der Waals surface area contributed by atoms with E-state index in [-0.39, 0.29) is 18.4 Å². The van der Waals surface area contributed by atoms with Gasteiger partial charge in [-0.2, -0.15) is 0 Å². The molecule has 0 heterocycles. The Bertz CT molecular complexity index is 822. The van der Waals surface area contributed by atoms with Crippen LogP contribution in [0.25, 0.3) is 0 Å².